The van der Waals surface area contributed by atoms with Crippen LogP contribution in [0.3, 0.4) is 0 Å². The van der Waals surface area contributed by atoms with Crippen LogP contribution < -0.4 is 0 Å². The van der Waals surface area contributed by atoms with Gasteiger partial charge in [-0.3, -0.25) is 4.79 Å². The van der Waals surface area contributed by atoms with Crippen molar-refractivity contribution in [2.45, 2.75) is 64.5 Å². The molecule has 2 rings (SSSR count). The van der Waals surface area contributed by atoms with Gasteiger partial charge in [-0.15, -0.1) is 5.10 Å². The van der Waals surface area contributed by atoms with Gasteiger partial charge < -0.3 is 10.0 Å². The summed E-state index contributed by atoms with van der Waals surface area (Å²) < 4.78 is 1.61. The van der Waals surface area contributed by atoms with Gasteiger partial charge in [0.05, 0.1) is 5.69 Å². The fourth-order valence-corrected chi connectivity index (χ4v) is 3.05. The maximum atomic E-state index is 12.5. The Kier molecular flexibility index (Phi) is 6.17. The molecule has 1 aliphatic carbocycles. The molecule has 1 N–H and O–H groups in total. The molecule has 1 heterocycles. The van der Waals surface area contributed by atoms with Gasteiger partial charge >= 0.3 is 0 Å². The number of hydrogen-bond acceptors (Lipinski definition) is 4. The second-order valence-electron chi connectivity index (χ2n) is 5.71. The first-order chi connectivity index (χ1) is 10.2. The normalized spacial score (nSPS) is 16.1. The lowest BCUT2D eigenvalue weighted by molar-refractivity contribution is -0.134. The van der Waals surface area contributed by atoms with E-state index >= 15 is 0 Å². The molecule has 118 valence electrons. The molecule has 0 spiro atoms. The third kappa shape index (κ3) is 4.52. The molecule has 1 aromatic rings. The summed E-state index contributed by atoms with van der Waals surface area (Å²) in [6.07, 6.45) is 9.17. The predicted molar refractivity (Wildman–Crippen MR) is 79.7 cm³/mol. The molecule has 0 bridgehead atoms. The van der Waals surface area contributed by atoms with E-state index in [-0.39, 0.29) is 19.1 Å². The second kappa shape index (κ2) is 8.12. The monoisotopic (exact) mass is 294 g/mol. The van der Waals surface area contributed by atoms with Crippen LogP contribution in [-0.2, 0) is 17.8 Å². The van der Waals surface area contributed by atoms with E-state index in [1.165, 1.54) is 19.3 Å². The average molecular weight is 294 g/mol. The molecule has 6 nitrogen and oxygen atoms in total. The molecule has 1 aromatic heterocycles. The number of hydrogen-bond donors (Lipinski definition) is 1. The first kappa shape index (κ1) is 15.9. The number of carbonyl (C=O) groups is 1. The highest BCUT2D eigenvalue weighted by atomic mass is 16.3. The van der Waals surface area contributed by atoms with Crippen LogP contribution in [0, 0.1) is 0 Å². The molecule has 1 aliphatic rings. The molecule has 0 saturated heterocycles. The quantitative estimate of drug-likeness (QED) is 0.825. The number of likely N-dealkylation sites (N-methyl/N-ethyl adjacent to an activating group) is 1. The van der Waals surface area contributed by atoms with Crippen molar-refractivity contribution in [2.75, 3.05) is 13.2 Å². The minimum Gasteiger partial charge on any atom is -0.396 e. The molecule has 1 saturated carbocycles. The van der Waals surface area contributed by atoms with E-state index < -0.39 is 0 Å². The Balaban J connectivity index is 1.90. The van der Waals surface area contributed by atoms with Crippen LogP contribution in [-0.4, -0.2) is 50.1 Å². The van der Waals surface area contributed by atoms with Gasteiger partial charge in [-0.2, -0.15) is 0 Å². The molecular weight excluding hydrogens is 268 g/mol. The predicted octanol–water partition coefficient (Wildman–Crippen LogP) is 1.38. The highest BCUT2D eigenvalue weighted by Crippen LogP contribution is 2.22. The summed E-state index contributed by atoms with van der Waals surface area (Å²) in [4.78, 5) is 14.5. The van der Waals surface area contributed by atoms with E-state index in [1.807, 2.05) is 18.0 Å². The summed E-state index contributed by atoms with van der Waals surface area (Å²) in [5.74, 6) is 0.128. The molecule has 1 amide bonds. The number of amides is 1. The van der Waals surface area contributed by atoms with E-state index in [0.717, 1.165) is 25.1 Å². The fourth-order valence-electron chi connectivity index (χ4n) is 3.05. The van der Waals surface area contributed by atoms with Crippen LogP contribution >= 0.6 is 0 Å². The lowest BCUT2D eigenvalue weighted by atomic mass is 9.94. The van der Waals surface area contributed by atoms with Gasteiger partial charge in [0.15, 0.2) is 0 Å². The Bertz CT molecular complexity index is 441. The number of carbonyl (C=O) groups excluding carboxylic acids is 1. The van der Waals surface area contributed by atoms with Crippen LogP contribution in [0.5, 0.6) is 0 Å². The molecule has 0 atom stereocenters. The molecule has 0 aliphatic heterocycles. The topological polar surface area (TPSA) is 71.2 Å². The van der Waals surface area contributed by atoms with Gasteiger partial charge in [0.2, 0.25) is 5.91 Å². The van der Waals surface area contributed by atoms with Gasteiger partial charge in [0.1, 0.15) is 6.54 Å². The SMILES string of the molecule is CCN(C(=O)Cn1cc(CCCO)nn1)C1CCCCC1. The number of aliphatic hydroxyl groups is 1. The fraction of sp³-hybridized carbons (Fsp3) is 0.800. The van der Waals surface area contributed by atoms with Crippen molar-refractivity contribution in [1.29, 1.82) is 0 Å². The van der Waals surface area contributed by atoms with Crippen molar-refractivity contribution in [3.05, 3.63) is 11.9 Å². The van der Waals surface area contributed by atoms with Crippen LogP contribution in [0.4, 0.5) is 0 Å². The van der Waals surface area contributed by atoms with Gasteiger partial charge in [-0.05, 0) is 32.6 Å². The molecule has 1 fully saturated rings. The Labute approximate surface area is 126 Å². The number of nitrogens with zero attached hydrogens (tertiary/aromatic N) is 4. The molecule has 0 radical (unpaired) electrons. The lowest BCUT2D eigenvalue weighted by Crippen LogP contribution is -2.43. The van der Waals surface area contributed by atoms with Crippen molar-refractivity contribution in [2.24, 2.45) is 0 Å². The van der Waals surface area contributed by atoms with Crippen LogP contribution in [0.2, 0.25) is 0 Å². The van der Waals surface area contributed by atoms with Crippen LogP contribution in [0.1, 0.15) is 51.1 Å². The number of aliphatic hydroxyl groups excluding tert-OH is 1. The summed E-state index contributed by atoms with van der Waals surface area (Å²) in [6.45, 7) is 3.21. The van der Waals surface area contributed by atoms with Gasteiger partial charge in [0, 0.05) is 25.4 Å². The maximum absolute atomic E-state index is 12.5. The van der Waals surface area contributed by atoms with Crippen LogP contribution in [0.15, 0.2) is 6.20 Å². The second-order valence-corrected chi connectivity index (χ2v) is 5.71. The standard InChI is InChI=1S/C15H26N4O2/c1-2-19(14-8-4-3-5-9-14)15(21)12-18-11-13(16-17-18)7-6-10-20/h11,14,20H,2-10,12H2,1H3. The first-order valence-corrected chi connectivity index (χ1v) is 8.04. The Morgan fingerprint density at radius 1 is 1.43 bits per heavy atom. The Hall–Kier alpha value is -1.43. The van der Waals surface area contributed by atoms with Crippen molar-refractivity contribution in [3.8, 4) is 0 Å². The molecule has 0 unspecified atom stereocenters. The zero-order valence-corrected chi connectivity index (χ0v) is 12.9. The summed E-state index contributed by atoms with van der Waals surface area (Å²) in [5.41, 5.74) is 0.831. The van der Waals surface area contributed by atoms with Crippen LogP contribution in [0.25, 0.3) is 0 Å². The summed E-state index contributed by atoms with van der Waals surface area (Å²) in [5, 5.41) is 16.9. The summed E-state index contributed by atoms with van der Waals surface area (Å²) in [6, 6.07) is 0.397. The third-order valence-corrected chi connectivity index (χ3v) is 4.15. The summed E-state index contributed by atoms with van der Waals surface area (Å²) >= 11 is 0. The molecule has 6 heteroatoms. The Morgan fingerprint density at radius 2 is 2.19 bits per heavy atom. The number of aryl methyl sites for hydroxylation is 1. The molecular formula is C15H26N4O2. The minimum atomic E-state index is 0.128. The van der Waals surface area contributed by atoms with E-state index in [1.54, 1.807) is 4.68 Å². The van der Waals surface area contributed by atoms with E-state index in [0.29, 0.717) is 18.9 Å². The van der Waals surface area contributed by atoms with Gasteiger partial charge in [-0.1, -0.05) is 24.5 Å². The van der Waals surface area contributed by atoms with E-state index in [4.69, 9.17) is 5.11 Å². The average Bonchev–Trinajstić information content (AvgIpc) is 2.94. The highest BCUT2D eigenvalue weighted by molar-refractivity contribution is 5.76. The van der Waals surface area contributed by atoms with E-state index in [2.05, 4.69) is 10.3 Å². The minimum absolute atomic E-state index is 0.128. The Morgan fingerprint density at radius 3 is 2.86 bits per heavy atom. The lowest BCUT2D eigenvalue weighted by Gasteiger charge is -2.33. The molecule has 0 aromatic carbocycles. The van der Waals surface area contributed by atoms with Gasteiger partial charge in [-0.25, -0.2) is 4.68 Å². The smallest absolute Gasteiger partial charge is 0.244 e. The third-order valence-electron chi connectivity index (χ3n) is 4.15. The first-order valence-electron chi connectivity index (χ1n) is 8.04. The van der Waals surface area contributed by atoms with E-state index in [9.17, 15) is 4.79 Å². The highest BCUT2D eigenvalue weighted by Gasteiger charge is 2.24. The van der Waals surface area contributed by atoms with Crippen molar-refractivity contribution in [1.82, 2.24) is 19.9 Å². The summed E-state index contributed by atoms with van der Waals surface area (Å²) in [7, 11) is 0. The van der Waals surface area contributed by atoms with Crippen molar-refractivity contribution < 1.29 is 9.90 Å². The van der Waals surface area contributed by atoms with Crippen molar-refractivity contribution in [3.63, 3.8) is 0 Å². The number of rotatable bonds is 7. The van der Waals surface area contributed by atoms with Crippen molar-refractivity contribution >= 4 is 5.91 Å². The maximum Gasteiger partial charge on any atom is 0.244 e. The van der Waals surface area contributed by atoms with Gasteiger partial charge in [0.25, 0.3) is 0 Å². The zero-order valence-electron chi connectivity index (χ0n) is 12.9. The zero-order chi connectivity index (χ0) is 15.1. The molecule has 21 heavy (non-hydrogen) atoms. The largest absolute Gasteiger partial charge is 0.396 e. The number of aromatic nitrogens is 3.